The van der Waals surface area contributed by atoms with Crippen molar-refractivity contribution in [2.45, 2.75) is 26.4 Å². The Balaban J connectivity index is 2.98. The molecule has 0 heterocycles. The van der Waals surface area contributed by atoms with Gasteiger partial charge in [-0.05, 0) is 32.9 Å². The van der Waals surface area contributed by atoms with E-state index in [9.17, 15) is 18.0 Å². The highest BCUT2D eigenvalue weighted by molar-refractivity contribution is 9.10. The molecule has 122 valence electrons. The van der Waals surface area contributed by atoms with E-state index in [1.54, 1.807) is 45.0 Å². The molecule has 0 atom stereocenters. The van der Waals surface area contributed by atoms with E-state index in [1.807, 2.05) is 0 Å². The highest BCUT2D eigenvalue weighted by Gasteiger charge is 2.30. The first-order chi connectivity index (χ1) is 9.90. The van der Waals surface area contributed by atoms with Gasteiger partial charge in [0.05, 0.1) is 6.26 Å². The smallest absolute Gasteiger partial charge is 0.424 e. The summed E-state index contributed by atoms with van der Waals surface area (Å²) >= 11 is 3.24. The maximum absolute atomic E-state index is 12.2. The fraction of sp³-hybridized carbons (Fsp3) is 0.429. The van der Waals surface area contributed by atoms with Gasteiger partial charge >= 0.3 is 6.09 Å². The van der Waals surface area contributed by atoms with Crippen molar-refractivity contribution >= 4 is 37.8 Å². The second kappa shape index (κ2) is 6.78. The molecule has 0 unspecified atom stereocenters. The van der Waals surface area contributed by atoms with Crippen LogP contribution >= 0.6 is 15.9 Å². The number of halogens is 1. The third-order valence-electron chi connectivity index (χ3n) is 2.45. The van der Waals surface area contributed by atoms with Gasteiger partial charge in [-0.1, -0.05) is 28.1 Å². The number of hydrogen-bond acceptors (Lipinski definition) is 5. The Hall–Kier alpha value is -1.41. The van der Waals surface area contributed by atoms with Gasteiger partial charge in [0.15, 0.2) is 5.78 Å². The van der Waals surface area contributed by atoms with Crippen LogP contribution in [0.4, 0.5) is 4.79 Å². The Morgan fingerprint density at radius 2 is 1.68 bits per heavy atom. The highest BCUT2D eigenvalue weighted by Crippen LogP contribution is 2.15. The normalized spacial score (nSPS) is 11.9. The lowest BCUT2D eigenvalue weighted by molar-refractivity contribution is 0.0385. The van der Waals surface area contributed by atoms with Crippen LogP contribution in [0, 0.1) is 0 Å². The van der Waals surface area contributed by atoms with E-state index in [0.29, 0.717) is 9.87 Å². The molecule has 0 fully saturated rings. The van der Waals surface area contributed by atoms with Gasteiger partial charge in [0, 0.05) is 10.0 Å². The van der Waals surface area contributed by atoms with Crippen molar-refractivity contribution in [3.8, 4) is 0 Å². The van der Waals surface area contributed by atoms with E-state index < -0.39 is 34.0 Å². The monoisotopic (exact) mass is 391 g/mol. The summed E-state index contributed by atoms with van der Waals surface area (Å²) in [7, 11) is -3.92. The number of ether oxygens (including phenoxy) is 1. The molecule has 0 bridgehead atoms. The van der Waals surface area contributed by atoms with Gasteiger partial charge < -0.3 is 4.74 Å². The van der Waals surface area contributed by atoms with Crippen molar-refractivity contribution in [3.63, 3.8) is 0 Å². The summed E-state index contributed by atoms with van der Waals surface area (Å²) in [5.74, 6) is -0.496. The lowest BCUT2D eigenvalue weighted by atomic mass is 10.1. The quantitative estimate of drug-likeness (QED) is 0.737. The number of benzene rings is 1. The van der Waals surface area contributed by atoms with E-state index in [2.05, 4.69) is 15.9 Å². The summed E-state index contributed by atoms with van der Waals surface area (Å²) in [6.07, 6.45) is -0.216. The third kappa shape index (κ3) is 5.76. The molecule has 0 aliphatic rings. The molecule has 0 radical (unpaired) electrons. The molecule has 8 heteroatoms. The van der Waals surface area contributed by atoms with Crippen LogP contribution in [0.15, 0.2) is 28.7 Å². The van der Waals surface area contributed by atoms with Crippen molar-refractivity contribution in [1.82, 2.24) is 4.31 Å². The standard InChI is InChI=1S/C14H18BrNO5S/c1-14(2,3)21-13(18)16(22(4,19)20)9-12(17)10-5-7-11(15)8-6-10/h5-8H,9H2,1-4H3. The molecule has 0 N–H and O–H groups in total. The fourth-order valence-electron chi connectivity index (χ4n) is 1.49. The molecular formula is C14H18BrNO5S. The van der Waals surface area contributed by atoms with Gasteiger partial charge in [-0.15, -0.1) is 0 Å². The number of rotatable bonds is 4. The van der Waals surface area contributed by atoms with E-state index in [4.69, 9.17) is 4.74 Å². The molecule has 1 aromatic carbocycles. The molecule has 0 aliphatic heterocycles. The van der Waals surface area contributed by atoms with Gasteiger partial charge in [-0.2, -0.15) is 4.31 Å². The molecule has 1 amide bonds. The summed E-state index contributed by atoms with van der Waals surface area (Å²) in [5.41, 5.74) is -0.555. The zero-order valence-electron chi connectivity index (χ0n) is 12.8. The van der Waals surface area contributed by atoms with Crippen LogP contribution in [0.1, 0.15) is 31.1 Å². The van der Waals surface area contributed by atoms with E-state index in [-0.39, 0.29) is 0 Å². The van der Waals surface area contributed by atoms with Crippen molar-refractivity contribution in [1.29, 1.82) is 0 Å². The van der Waals surface area contributed by atoms with Gasteiger partial charge in [0.2, 0.25) is 10.0 Å². The zero-order valence-corrected chi connectivity index (χ0v) is 15.2. The minimum absolute atomic E-state index is 0.306. The Bertz CT molecular complexity index is 661. The minimum Gasteiger partial charge on any atom is -0.443 e. The Morgan fingerprint density at radius 3 is 2.09 bits per heavy atom. The molecule has 0 spiro atoms. The maximum Gasteiger partial charge on any atom is 0.424 e. The zero-order chi connectivity index (χ0) is 17.1. The van der Waals surface area contributed by atoms with Gasteiger partial charge in [0.25, 0.3) is 0 Å². The predicted molar refractivity (Wildman–Crippen MR) is 86.3 cm³/mol. The van der Waals surface area contributed by atoms with Crippen LogP contribution in [0.3, 0.4) is 0 Å². The molecule has 0 aromatic heterocycles. The molecule has 6 nitrogen and oxygen atoms in total. The average molecular weight is 392 g/mol. The molecular weight excluding hydrogens is 374 g/mol. The molecule has 0 saturated carbocycles. The Kier molecular flexibility index (Phi) is 5.75. The predicted octanol–water partition coefficient (Wildman–Crippen LogP) is 2.83. The minimum atomic E-state index is -3.92. The molecule has 1 aromatic rings. The number of Topliss-reactive ketones (excluding diaryl/α,β-unsaturated/α-hetero) is 1. The number of sulfonamides is 1. The van der Waals surface area contributed by atoms with Crippen molar-refractivity contribution in [3.05, 3.63) is 34.3 Å². The second-order valence-electron chi connectivity index (χ2n) is 5.68. The maximum atomic E-state index is 12.2. The second-order valence-corrected chi connectivity index (χ2v) is 8.50. The number of amides is 1. The van der Waals surface area contributed by atoms with Crippen LogP contribution in [0.2, 0.25) is 0 Å². The molecule has 22 heavy (non-hydrogen) atoms. The average Bonchev–Trinajstić information content (AvgIpc) is 2.32. The third-order valence-corrected chi connectivity index (χ3v) is 4.06. The van der Waals surface area contributed by atoms with Crippen molar-refractivity contribution in [2.75, 3.05) is 12.8 Å². The first-order valence-electron chi connectivity index (χ1n) is 6.39. The highest BCUT2D eigenvalue weighted by atomic mass is 79.9. The Morgan fingerprint density at radius 1 is 1.18 bits per heavy atom. The van der Waals surface area contributed by atoms with Crippen LogP contribution in [-0.4, -0.2) is 43.0 Å². The Labute approximate surface area is 138 Å². The van der Waals surface area contributed by atoms with Crippen LogP contribution in [0.25, 0.3) is 0 Å². The number of nitrogens with zero attached hydrogens (tertiary/aromatic N) is 1. The number of ketones is 1. The molecule has 0 saturated heterocycles. The van der Waals surface area contributed by atoms with Crippen LogP contribution in [0.5, 0.6) is 0 Å². The summed E-state index contributed by atoms with van der Waals surface area (Å²) in [6, 6.07) is 6.40. The summed E-state index contributed by atoms with van der Waals surface area (Å²) in [4.78, 5) is 24.1. The topological polar surface area (TPSA) is 80.8 Å². The molecule has 0 aliphatic carbocycles. The largest absolute Gasteiger partial charge is 0.443 e. The van der Waals surface area contributed by atoms with Crippen LogP contribution < -0.4 is 0 Å². The van der Waals surface area contributed by atoms with Crippen molar-refractivity contribution in [2.24, 2.45) is 0 Å². The van der Waals surface area contributed by atoms with Gasteiger partial charge in [0.1, 0.15) is 12.1 Å². The van der Waals surface area contributed by atoms with Crippen LogP contribution in [-0.2, 0) is 14.8 Å². The van der Waals surface area contributed by atoms with Crippen molar-refractivity contribution < 1.29 is 22.7 Å². The number of carbonyl (C=O) groups is 2. The van der Waals surface area contributed by atoms with E-state index in [0.717, 1.165) is 10.7 Å². The summed E-state index contributed by atoms with van der Waals surface area (Å²) in [6.45, 7) is 4.24. The molecule has 1 rings (SSSR count). The lowest BCUT2D eigenvalue weighted by Crippen LogP contribution is -2.43. The van der Waals surface area contributed by atoms with E-state index in [1.165, 1.54) is 0 Å². The lowest BCUT2D eigenvalue weighted by Gasteiger charge is -2.25. The summed E-state index contributed by atoms with van der Waals surface area (Å²) in [5, 5.41) is 0. The number of carbonyl (C=O) groups excluding carboxylic acids is 2. The van der Waals surface area contributed by atoms with Gasteiger partial charge in [-0.3, -0.25) is 4.79 Å². The first kappa shape index (κ1) is 18.6. The summed E-state index contributed by atoms with van der Waals surface area (Å²) < 4.78 is 29.7. The first-order valence-corrected chi connectivity index (χ1v) is 9.04. The van der Waals surface area contributed by atoms with Gasteiger partial charge in [-0.25, -0.2) is 13.2 Å². The SMILES string of the molecule is CC(C)(C)OC(=O)N(CC(=O)c1ccc(Br)cc1)S(C)(=O)=O. The fourth-order valence-corrected chi connectivity index (χ4v) is 2.41. The van der Waals surface area contributed by atoms with E-state index >= 15 is 0 Å². The number of hydrogen-bond donors (Lipinski definition) is 0.